The maximum Gasteiger partial charge on any atom is 0.182 e. The molecule has 0 amide bonds. The van der Waals surface area contributed by atoms with Gasteiger partial charge in [0, 0.05) is 17.1 Å². The SMILES string of the molecule is Cc1ccn(-c2nc(N)cnc2-c2ccc3[nH]ncc3c2)n1. The fourth-order valence-electron chi connectivity index (χ4n) is 2.38. The van der Waals surface area contributed by atoms with Crippen molar-refractivity contribution in [1.29, 1.82) is 0 Å². The number of hydrogen-bond acceptors (Lipinski definition) is 5. The van der Waals surface area contributed by atoms with Crippen LogP contribution in [0.1, 0.15) is 5.69 Å². The summed E-state index contributed by atoms with van der Waals surface area (Å²) in [6, 6.07) is 7.86. The highest BCUT2D eigenvalue weighted by Crippen LogP contribution is 2.26. The summed E-state index contributed by atoms with van der Waals surface area (Å²) < 4.78 is 1.69. The number of nitrogens with two attached hydrogens (primary N) is 1. The van der Waals surface area contributed by atoms with Gasteiger partial charge in [-0.25, -0.2) is 14.6 Å². The number of hydrogen-bond donors (Lipinski definition) is 2. The number of benzene rings is 1. The smallest absolute Gasteiger partial charge is 0.182 e. The van der Waals surface area contributed by atoms with Crippen LogP contribution in [-0.2, 0) is 0 Å². The Labute approximate surface area is 125 Å². The van der Waals surface area contributed by atoms with Gasteiger partial charge in [-0.2, -0.15) is 10.2 Å². The second-order valence-electron chi connectivity index (χ2n) is 5.04. The third-order valence-corrected chi connectivity index (χ3v) is 3.43. The van der Waals surface area contributed by atoms with E-state index in [-0.39, 0.29) is 0 Å². The van der Waals surface area contributed by atoms with Crippen LogP contribution in [0.25, 0.3) is 28.0 Å². The number of aromatic amines is 1. The normalized spacial score (nSPS) is 11.1. The van der Waals surface area contributed by atoms with Crippen LogP contribution in [0.15, 0.2) is 42.9 Å². The molecule has 0 radical (unpaired) electrons. The van der Waals surface area contributed by atoms with Crippen LogP contribution in [-0.4, -0.2) is 29.9 Å². The van der Waals surface area contributed by atoms with Gasteiger partial charge in [0.25, 0.3) is 0 Å². The van der Waals surface area contributed by atoms with E-state index in [9.17, 15) is 0 Å². The van der Waals surface area contributed by atoms with Gasteiger partial charge in [-0.1, -0.05) is 6.07 Å². The molecule has 7 heteroatoms. The molecule has 0 aliphatic heterocycles. The first-order valence-electron chi connectivity index (χ1n) is 6.79. The molecule has 0 aliphatic carbocycles. The number of nitrogens with zero attached hydrogens (tertiary/aromatic N) is 5. The molecular weight excluding hydrogens is 278 g/mol. The van der Waals surface area contributed by atoms with Gasteiger partial charge in [0.2, 0.25) is 0 Å². The van der Waals surface area contributed by atoms with E-state index in [4.69, 9.17) is 5.73 Å². The average molecular weight is 291 g/mol. The van der Waals surface area contributed by atoms with E-state index in [0.717, 1.165) is 27.9 Å². The molecule has 0 unspecified atom stereocenters. The van der Waals surface area contributed by atoms with Gasteiger partial charge >= 0.3 is 0 Å². The van der Waals surface area contributed by atoms with Crippen molar-refractivity contribution in [1.82, 2.24) is 29.9 Å². The summed E-state index contributed by atoms with van der Waals surface area (Å²) in [7, 11) is 0. The van der Waals surface area contributed by atoms with Gasteiger partial charge < -0.3 is 5.73 Å². The molecular formula is C15H13N7. The summed E-state index contributed by atoms with van der Waals surface area (Å²) in [4.78, 5) is 8.84. The summed E-state index contributed by atoms with van der Waals surface area (Å²) in [6.07, 6.45) is 5.18. The first-order chi connectivity index (χ1) is 10.7. The van der Waals surface area contributed by atoms with Crippen molar-refractivity contribution in [3.05, 3.63) is 48.5 Å². The predicted octanol–water partition coefficient (Wildman–Crippen LogP) is 2.10. The van der Waals surface area contributed by atoms with Crippen LogP contribution < -0.4 is 5.73 Å². The van der Waals surface area contributed by atoms with E-state index in [1.54, 1.807) is 17.1 Å². The summed E-state index contributed by atoms with van der Waals surface area (Å²) in [6.45, 7) is 1.92. The first-order valence-corrected chi connectivity index (χ1v) is 6.79. The number of fused-ring (bicyclic) bond motifs is 1. The van der Waals surface area contributed by atoms with Crippen molar-refractivity contribution in [3.63, 3.8) is 0 Å². The van der Waals surface area contributed by atoms with E-state index >= 15 is 0 Å². The molecule has 7 nitrogen and oxygen atoms in total. The molecule has 108 valence electrons. The molecule has 3 heterocycles. The molecule has 0 saturated heterocycles. The maximum absolute atomic E-state index is 5.79. The van der Waals surface area contributed by atoms with Crippen molar-refractivity contribution in [2.75, 3.05) is 5.73 Å². The number of nitrogens with one attached hydrogen (secondary N) is 1. The number of anilines is 1. The van der Waals surface area contributed by atoms with Crippen LogP contribution in [0.4, 0.5) is 5.82 Å². The molecule has 22 heavy (non-hydrogen) atoms. The number of H-pyrrole nitrogens is 1. The van der Waals surface area contributed by atoms with E-state index < -0.39 is 0 Å². The minimum absolute atomic E-state index is 0.358. The lowest BCUT2D eigenvalue weighted by Gasteiger charge is -2.09. The van der Waals surface area contributed by atoms with E-state index in [1.807, 2.05) is 37.4 Å². The molecule has 0 aliphatic rings. The summed E-state index contributed by atoms with van der Waals surface area (Å²) >= 11 is 0. The second-order valence-corrected chi connectivity index (χ2v) is 5.04. The van der Waals surface area contributed by atoms with Crippen molar-refractivity contribution in [2.45, 2.75) is 6.92 Å². The number of aromatic nitrogens is 6. The topological polar surface area (TPSA) is 98.3 Å². The Morgan fingerprint density at radius 3 is 2.91 bits per heavy atom. The average Bonchev–Trinajstić information content (AvgIpc) is 3.15. The zero-order valence-electron chi connectivity index (χ0n) is 11.9. The highest BCUT2D eigenvalue weighted by Gasteiger charge is 2.13. The third-order valence-electron chi connectivity index (χ3n) is 3.43. The molecule has 0 bridgehead atoms. The molecule has 0 atom stereocenters. The van der Waals surface area contributed by atoms with E-state index in [2.05, 4.69) is 25.3 Å². The van der Waals surface area contributed by atoms with Gasteiger partial charge in [-0.05, 0) is 25.1 Å². The third kappa shape index (κ3) is 1.99. The molecule has 4 rings (SSSR count). The lowest BCUT2D eigenvalue weighted by molar-refractivity contribution is 0.829. The Balaban J connectivity index is 1.94. The quantitative estimate of drug-likeness (QED) is 0.589. The standard InChI is InChI=1S/C15H13N7/c1-9-4-5-22(21-9)15-14(17-8-13(16)19-15)10-2-3-12-11(6-10)7-18-20-12/h2-8H,1H3,(H2,16,19)(H,18,20). The molecule has 3 aromatic heterocycles. The Hall–Kier alpha value is -3.22. The molecule has 0 saturated carbocycles. The lowest BCUT2D eigenvalue weighted by Crippen LogP contribution is -2.05. The lowest BCUT2D eigenvalue weighted by atomic mass is 10.1. The molecule has 1 aromatic carbocycles. The Morgan fingerprint density at radius 2 is 2.09 bits per heavy atom. The van der Waals surface area contributed by atoms with Gasteiger partial charge in [0.15, 0.2) is 5.82 Å². The van der Waals surface area contributed by atoms with Gasteiger partial charge in [0.1, 0.15) is 11.5 Å². The maximum atomic E-state index is 5.79. The Bertz CT molecular complexity index is 967. The van der Waals surface area contributed by atoms with Crippen LogP contribution in [0.5, 0.6) is 0 Å². The van der Waals surface area contributed by atoms with Crippen molar-refractivity contribution < 1.29 is 0 Å². The Morgan fingerprint density at radius 1 is 1.18 bits per heavy atom. The Kier molecular flexibility index (Phi) is 2.65. The summed E-state index contributed by atoms with van der Waals surface area (Å²) in [5, 5.41) is 12.4. The molecule has 3 N–H and O–H groups in total. The minimum atomic E-state index is 0.358. The number of nitrogen functional groups attached to an aromatic ring is 1. The fourth-order valence-corrected chi connectivity index (χ4v) is 2.38. The fraction of sp³-hybridized carbons (Fsp3) is 0.0667. The first kappa shape index (κ1) is 12.5. The summed E-state index contributed by atoms with van der Waals surface area (Å²) in [5.41, 5.74) is 9.33. The van der Waals surface area contributed by atoms with Crippen LogP contribution in [0.3, 0.4) is 0 Å². The van der Waals surface area contributed by atoms with Crippen molar-refractivity contribution >= 4 is 16.7 Å². The van der Waals surface area contributed by atoms with E-state index in [1.165, 1.54) is 0 Å². The highest BCUT2D eigenvalue weighted by molar-refractivity contribution is 5.84. The van der Waals surface area contributed by atoms with Crippen molar-refractivity contribution in [2.24, 2.45) is 0 Å². The zero-order chi connectivity index (χ0) is 15.1. The monoisotopic (exact) mass is 291 g/mol. The van der Waals surface area contributed by atoms with Crippen LogP contribution in [0.2, 0.25) is 0 Å². The van der Waals surface area contributed by atoms with Gasteiger partial charge in [-0.3, -0.25) is 5.10 Å². The second kappa shape index (κ2) is 4.66. The van der Waals surface area contributed by atoms with Gasteiger partial charge in [0.05, 0.1) is 23.6 Å². The number of rotatable bonds is 2. The molecule has 0 spiro atoms. The molecule has 4 aromatic rings. The summed E-state index contributed by atoms with van der Waals surface area (Å²) in [5.74, 6) is 0.965. The zero-order valence-corrected chi connectivity index (χ0v) is 11.9. The van der Waals surface area contributed by atoms with Gasteiger partial charge in [-0.15, -0.1) is 0 Å². The highest BCUT2D eigenvalue weighted by atomic mass is 15.3. The van der Waals surface area contributed by atoms with Crippen LogP contribution in [0, 0.1) is 6.92 Å². The molecule has 0 fully saturated rings. The van der Waals surface area contributed by atoms with E-state index in [0.29, 0.717) is 11.6 Å². The van der Waals surface area contributed by atoms with Crippen LogP contribution >= 0.6 is 0 Å². The predicted molar refractivity (Wildman–Crippen MR) is 83.4 cm³/mol. The number of aryl methyl sites for hydroxylation is 1. The largest absolute Gasteiger partial charge is 0.382 e. The minimum Gasteiger partial charge on any atom is -0.382 e. The van der Waals surface area contributed by atoms with Crippen molar-refractivity contribution in [3.8, 4) is 17.1 Å².